The molecule has 2 fully saturated rings. The van der Waals surface area contributed by atoms with Gasteiger partial charge in [0.2, 0.25) is 15.9 Å². The third-order valence-electron chi connectivity index (χ3n) is 5.72. The lowest BCUT2D eigenvalue weighted by molar-refractivity contribution is -0.133. The van der Waals surface area contributed by atoms with Crippen molar-refractivity contribution in [3.63, 3.8) is 0 Å². The van der Waals surface area contributed by atoms with Crippen LogP contribution in [0.5, 0.6) is 5.75 Å². The largest absolute Gasteiger partial charge is 0.497 e. The summed E-state index contributed by atoms with van der Waals surface area (Å²) in [5, 5.41) is 0. The predicted molar refractivity (Wildman–Crippen MR) is 108 cm³/mol. The van der Waals surface area contributed by atoms with E-state index >= 15 is 0 Å². The number of hydrogen-bond acceptors (Lipinski definition) is 5. The van der Waals surface area contributed by atoms with E-state index in [0.29, 0.717) is 24.9 Å². The van der Waals surface area contributed by atoms with Crippen LogP contribution in [-0.4, -0.2) is 69.5 Å². The third kappa shape index (κ3) is 4.67. The monoisotopic (exact) mass is 409 g/mol. The third-order valence-corrected chi connectivity index (χ3v) is 7.17. The summed E-state index contributed by atoms with van der Waals surface area (Å²) in [6.07, 6.45) is 3.41. The average Bonchev–Trinajstić information content (AvgIpc) is 3.37. The molecule has 28 heavy (non-hydrogen) atoms. The number of rotatable bonds is 7. The normalized spacial score (nSPS) is 22.0. The standard InChI is InChI=1S/C20H31N3O4S/c1-15(2)19(21-28(25,26)18-8-6-17(27-3)7-9-18)20(24)23-13-10-16(14-23)22-11-4-5-12-22/h6-9,15-16,19,21H,4-5,10-14H2,1-3H3/t16?,19-/m0/s1. The lowest BCUT2D eigenvalue weighted by atomic mass is 10.0. The summed E-state index contributed by atoms with van der Waals surface area (Å²) in [4.78, 5) is 17.5. The molecule has 1 amide bonds. The number of carbonyl (C=O) groups is 1. The van der Waals surface area contributed by atoms with Crippen molar-refractivity contribution in [1.82, 2.24) is 14.5 Å². The second kappa shape index (κ2) is 8.80. The van der Waals surface area contributed by atoms with E-state index in [2.05, 4.69) is 9.62 Å². The molecule has 3 rings (SSSR count). The van der Waals surface area contributed by atoms with Gasteiger partial charge in [0.1, 0.15) is 11.8 Å². The van der Waals surface area contributed by atoms with Gasteiger partial charge in [-0.25, -0.2) is 8.42 Å². The van der Waals surface area contributed by atoms with Crippen LogP contribution in [0.15, 0.2) is 29.2 Å². The van der Waals surface area contributed by atoms with Gasteiger partial charge in [-0.15, -0.1) is 0 Å². The minimum absolute atomic E-state index is 0.128. The second-order valence-corrected chi connectivity index (χ2v) is 9.70. The zero-order chi connectivity index (χ0) is 20.3. The molecular weight excluding hydrogens is 378 g/mol. The Balaban J connectivity index is 1.69. The Morgan fingerprint density at radius 3 is 2.36 bits per heavy atom. The maximum Gasteiger partial charge on any atom is 0.241 e. The Morgan fingerprint density at radius 2 is 1.79 bits per heavy atom. The molecule has 2 aliphatic heterocycles. The van der Waals surface area contributed by atoms with E-state index in [1.807, 2.05) is 18.7 Å². The summed E-state index contributed by atoms with van der Waals surface area (Å²) < 4.78 is 33.3. The molecule has 2 heterocycles. The van der Waals surface area contributed by atoms with Crippen molar-refractivity contribution in [1.29, 1.82) is 0 Å². The highest BCUT2D eigenvalue weighted by molar-refractivity contribution is 7.89. The summed E-state index contributed by atoms with van der Waals surface area (Å²) in [6, 6.07) is 5.80. The van der Waals surface area contributed by atoms with Crippen molar-refractivity contribution in [2.45, 2.75) is 50.1 Å². The molecule has 8 heteroatoms. The van der Waals surface area contributed by atoms with E-state index in [9.17, 15) is 13.2 Å². The van der Waals surface area contributed by atoms with Gasteiger partial charge in [-0.2, -0.15) is 4.72 Å². The molecule has 1 unspecified atom stereocenters. The van der Waals surface area contributed by atoms with E-state index in [-0.39, 0.29) is 16.7 Å². The molecule has 7 nitrogen and oxygen atoms in total. The van der Waals surface area contributed by atoms with E-state index in [1.165, 1.54) is 32.1 Å². The highest BCUT2D eigenvalue weighted by Gasteiger charge is 2.37. The van der Waals surface area contributed by atoms with Crippen LogP contribution in [-0.2, 0) is 14.8 Å². The van der Waals surface area contributed by atoms with Crippen LogP contribution in [0, 0.1) is 5.92 Å². The summed E-state index contributed by atoms with van der Waals surface area (Å²) >= 11 is 0. The Kier molecular flexibility index (Phi) is 6.62. The number of ether oxygens (including phenoxy) is 1. The lowest BCUT2D eigenvalue weighted by Gasteiger charge is -2.28. The topological polar surface area (TPSA) is 78.9 Å². The van der Waals surface area contributed by atoms with Gasteiger partial charge >= 0.3 is 0 Å². The maximum atomic E-state index is 13.1. The van der Waals surface area contributed by atoms with Gasteiger partial charge in [-0.3, -0.25) is 9.69 Å². The number of carbonyl (C=O) groups excluding carboxylic acids is 1. The van der Waals surface area contributed by atoms with Crippen molar-refractivity contribution in [2.75, 3.05) is 33.3 Å². The molecule has 156 valence electrons. The van der Waals surface area contributed by atoms with Gasteiger partial charge in [0, 0.05) is 19.1 Å². The van der Waals surface area contributed by atoms with Gasteiger partial charge in [0.05, 0.1) is 12.0 Å². The molecule has 0 bridgehead atoms. The highest BCUT2D eigenvalue weighted by atomic mass is 32.2. The smallest absolute Gasteiger partial charge is 0.241 e. The molecule has 1 aromatic rings. The quantitative estimate of drug-likeness (QED) is 0.742. The molecule has 0 aliphatic carbocycles. The summed E-state index contributed by atoms with van der Waals surface area (Å²) in [7, 11) is -2.27. The van der Waals surface area contributed by atoms with Crippen LogP contribution in [0.25, 0.3) is 0 Å². The van der Waals surface area contributed by atoms with Crippen molar-refractivity contribution in [3.05, 3.63) is 24.3 Å². The lowest BCUT2D eigenvalue weighted by Crippen LogP contribution is -2.51. The van der Waals surface area contributed by atoms with Crippen LogP contribution in [0.1, 0.15) is 33.1 Å². The summed E-state index contributed by atoms with van der Waals surface area (Å²) in [6.45, 7) is 7.31. The first-order valence-electron chi connectivity index (χ1n) is 10.0. The number of nitrogens with zero attached hydrogens (tertiary/aromatic N) is 2. The van der Waals surface area contributed by atoms with E-state index < -0.39 is 16.1 Å². The number of nitrogens with one attached hydrogen (secondary N) is 1. The Hall–Kier alpha value is -1.64. The van der Waals surface area contributed by atoms with E-state index in [1.54, 1.807) is 12.1 Å². The van der Waals surface area contributed by atoms with Crippen molar-refractivity contribution < 1.29 is 17.9 Å². The first kappa shape index (κ1) is 21.1. The molecule has 2 aliphatic rings. The zero-order valence-electron chi connectivity index (χ0n) is 16.9. The number of methoxy groups -OCH3 is 1. The first-order chi connectivity index (χ1) is 13.3. The number of benzene rings is 1. The van der Waals surface area contributed by atoms with Crippen LogP contribution in [0.4, 0.5) is 0 Å². The summed E-state index contributed by atoms with van der Waals surface area (Å²) in [5.41, 5.74) is 0. The molecule has 0 saturated carbocycles. The molecule has 0 spiro atoms. The molecule has 0 radical (unpaired) electrons. The van der Waals surface area contributed by atoms with Gasteiger partial charge in [0.25, 0.3) is 0 Å². The van der Waals surface area contributed by atoms with Gasteiger partial charge in [-0.1, -0.05) is 13.8 Å². The number of amides is 1. The van der Waals surface area contributed by atoms with Crippen LogP contribution in [0.2, 0.25) is 0 Å². The Labute approximate surface area is 168 Å². The van der Waals surface area contributed by atoms with Gasteiger partial charge in [-0.05, 0) is 62.5 Å². The molecule has 2 atom stereocenters. The SMILES string of the molecule is COc1ccc(S(=O)(=O)N[C@H](C(=O)N2CCC(N3CCCC3)C2)C(C)C)cc1. The fourth-order valence-corrected chi connectivity index (χ4v) is 5.34. The second-order valence-electron chi connectivity index (χ2n) is 7.99. The number of hydrogen-bond donors (Lipinski definition) is 1. The van der Waals surface area contributed by atoms with E-state index in [4.69, 9.17) is 4.74 Å². The predicted octanol–water partition coefficient (Wildman–Crippen LogP) is 1.69. The number of likely N-dealkylation sites (tertiary alicyclic amines) is 2. The minimum atomic E-state index is -3.80. The molecule has 0 aromatic heterocycles. The fraction of sp³-hybridized carbons (Fsp3) is 0.650. The van der Waals surface area contributed by atoms with Crippen LogP contribution in [0.3, 0.4) is 0 Å². The van der Waals surface area contributed by atoms with Gasteiger partial charge < -0.3 is 9.64 Å². The van der Waals surface area contributed by atoms with Crippen molar-refractivity contribution in [3.8, 4) is 5.75 Å². The highest BCUT2D eigenvalue weighted by Crippen LogP contribution is 2.23. The zero-order valence-corrected chi connectivity index (χ0v) is 17.7. The maximum absolute atomic E-state index is 13.1. The minimum Gasteiger partial charge on any atom is -0.497 e. The molecular formula is C20H31N3O4S. The first-order valence-corrected chi connectivity index (χ1v) is 11.5. The average molecular weight is 410 g/mol. The van der Waals surface area contributed by atoms with Gasteiger partial charge in [0.15, 0.2) is 0 Å². The Morgan fingerprint density at radius 1 is 1.14 bits per heavy atom. The van der Waals surface area contributed by atoms with Crippen LogP contribution < -0.4 is 9.46 Å². The Bertz CT molecular complexity index is 773. The number of sulfonamides is 1. The summed E-state index contributed by atoms with van der Waals surface area (Å²) in [5.74, 6) is 0.306. The molecule has 1 aromatic carbocycles. The van der Waals surface area contributed by atoms with Crippen LogP contribution >= 0.6 is 0 Å². The van der Waals surface area contributed by atoms with Crippen molar-refractivity contribution >= 4 is 15.9 Å². The van der Waals surface area contributed by atoms with E-state index in [0.717, 1.165) is 19.5 Å². The van der Waals surface area contributed by atoms with Crippen molar-refractivity contribution in [2.24, 2.45) is 5.92 Å². The molecule has 2 saturated heterocycles. The molecule has 1 N–H and O–H groups in total. The fourth-order valence-electron chi connectivity index (χ4n) is 4.01.